The van der Waals surface area contributed by atoms with E-state index in [9.17, 15) is 4.79 Å². The number of nitrogens with zero attached hydrogens (tertiary/aromatic N) is 2. The zero-order chi connectivity index (χ0) is 12.8. The molecule has 1 aliphatic carbocycles. The fraction of sp³-hybridized carbons (Fsp3) is 0.500. The Bertz CT molecular complexity index is 430. The zero-order valence-corrected chi connectivity index (χ0v) is 10.3. The van der Waals surface area contributed by atoms with Gasteiger partial charge in [-0.05, 0) is 43.7 Å². The minimum Gasteiger partial charge on any atom is -0.348 e. The van der Waals surface area contributed by atoms with Crippen molar-refractivity contribution >= 4 is 5.91 Å². The number of carbonyl (C=O) groups excluding carboxylic acids is 1. The molecule has 1 aromatic rings. The molecule has 0 saturated heterocycles. The Balaban J connectivity index is 1.82. The summed E-state index contributed by atoms with van der Waals surface area (Å²) in [6.07, 6.45) is 6.25. The molecule has 94 valence electrons. The molecule has 4 heteroatoms. The molecule has 0 radical (unpaired) electrons. The number of hydrogen-bond acceptors (Lipinski definition) is 3. The molecule has 18 heavy (non-hydrogen) atoms. The lowest BCUT2D eigenvalue weighted by Crippen LogP contribution is -2.37. The maximum absolute atomic E-state index is 11.9. The Morgan fingerprint density at radius 2 is 2.17 bits per heavy atom. The summed E-state index contributed by atoms with van der Waals surface area (Å²) in [5, 5.41) is 11.7. The van der Waals surface area contributed by atoms with Crippen LogP contribution in [0.15, 0.2) is 24.4 Å². The third-order valence-electron chi connectivity index (χ3n) is 3.46. The van der Waals surface area contributed by atoms with Gasteiger partial charge >= 0.3 is 0 Å². The second kappa shape index (κ2) is 6.15. The van der Waals surface area contributed by atoms with Crippen LogP contribution in [0, 0.1) is 17.2 Å². The quantitative estimate of drug-likeness (QED) is 0.885. The van der Waals surface area contributed by atoms with Crippen LogP contribution in [0.3, 0.4) is 0 Å². The number of nitriles is 1. The Kier molecular flexibility index (Phi) is 4.30. The summed E-state index contributed by atoms with van der Waals surface area (Å²) >= 11 is 0. The van der Waals surface area contributed by atoms with Crippen molar-refractivity contribution in [1.82, 2.24) is 10.3 Å². The Hall–Kier alpha value is -1.89. The third-order valence-corrected chi connectivity index (χ3v) is 3.46. The molecule has 1 amide bonds. The second-order valence-corrected chi connectivity index (χ2v) is 4.77. The monoisotopic (exact) mass is 243 g/mol. The predicted octanol–water partition coefficient (Wildman–Crippen LogP) is 2.28. The standard InChI is InChI=1S/C14H17N3O/c15-9-8-11-4-6-12(7-5-11)17-14(18)13-3-1-2-10-16-13/h1-3,10-12H,4-8H2,(H,17,18). The molecule has 4 nitrogen and oxygen atoms in total. The van der Waals surface area contributed by atoms with Crippen molar-refractivity contribution in [2.24, 2.45) is 5.92 Å². The Labute approximate surface area is 107 Å². The fourth-order valence-corrected chi connectivity index (χ4v) is 2.40. The first-order chi connectivity index (χ1) is 8.79. The largest absolute Gasteiger partial charge is 0.348 e. The molecule has 2 rings (SSSR count). The number of amides is 1. The average Bonchev–Trinajstić information content (AvgIpc) is 2.42. The van der Waals surface area contributed by atoms with Gasteiger partial charge in [-0.3, -0.25) is 9.78 Å². The topological polar surface area (TPSA) is 65.8 Å². The normalized spacial score (nSPS) is 23.1. The lowest BCUT2D eigenvalue weighted by molar-refractivity contribution is 0.0917. The molecule has 1 saturated carbocycles. The van der Waals surface area contributed by atoms with E-state index in [0.29, 0.717) is 18.0 Å². The molecule has 1 N–H and O–H groups in total. The molecule has 0 spiro atoms. The first kappa shape index (κ1) is 12.6. The molecule has 0 aromatic carbocycles. The molecular formula is C14H17N3O. The third kappa shape index (κ3) is 3.30. The summed E-state index contributed by atoms with van der Waals surface area (Å²) in [5.74, 6) is 0.414. The van der Waals surface area contributed by atoms with E-state index in [1.165, 1.54) is 0 Å². The van der Waals surface area contributed by atoms with Crippen molar-refractivity contribution in [2.75, 3.05) is 0 Å². The molecule has 0 bridgehead atoms. The SMILES string of the molecule is N#CCC1CCC(NC(=O)c2ccccn2)CC1. The van der Waals surface area contributed by atoms with Crippen LogP contribution >= 0.6 is 0 Å². The van der Waals surface area contributed by atoms with Gasteiger partial charge in [-0.15, -0.1) is 0 Å². The van der Waals surface area contributed by atoms with E-state index in [-0.39, 0.29) is 11.9 Å². The van der Waals surface area contributed by atoms with E-state index in [0.717, 1.165) is 25.7 Å². The molecule has 1 fully saturated rings. The lowest BCUT2D eigenvalue weighted by atomic mass is 9.84. The highest BCUT2D eigenvalue weighted by Crippen LogP contribution is 2.26. The van der Waals surface area contributed by atoms with Gasteiger partial charge in [-0.25, -0.2) is 0 Å². The van der Waals surface area contributed by atoms with Crippen molar-refractivity contribution < 1.29 is 4.79 Å². The van der Waals surface area contributed by atoms with Crippen LogP contribution in [0.2, 0.25) is 0 Å². The van der Waals surface area contributed by atoms with E-state index in [4.69, 9.17) is 5.26 Å². The number of rotatable bonds is 3. The summed E-state index contributed by atoms with van der Waals surface area (Å²) in [4.78, 5) is 15.9. The molecule has 0 aliphatic heterocycles. The van der Waals surface area contributed by atoms with Crippen molar-refractivity contribution in [3.63, 3.8) is 0 Å². The highest BCUT2D eigenvalue weighted by atomic mass is 16.1. The zero-order valence-electron chi connectivity index (χ0n) is 10.3. The van der Waals surface area contributed by atoms with Crippen LogP contribution in [-0.4, -0.2) is 16.9 Å². The Morgan fingerprint density at radius 3 is 2.78 bits per heavy atom. The maximum atomic E-state index is 11.9. The molecule has 1 aliphatic rings. The highest BCUT2D eigenvalue weighted by molar-refractivity contribution is 5.92. The minimum atomic E-state index is -0.0978. The van der Waals surface area contributed by atoms with Gasteiger partial charge in [-0.1, -0.05) is 6.07 Å². The van der Waals surface area contributed by atoms with Crippen LogP contribution in [0.4, 0.5) is 0 Å². The van der Waals surface area contributed by atoms with E-state index < -0.39 is 0 Å². The summed E-state index contributed by atoms with van der Waals surface area (Å²) in [6, 6.07) is 7.78. The molecule has 0 unspecified atom stereocenters. The van der Waals surface area contributed by atoms with Crippen molar-refractivity contribution in [3.8, 4) is 6.07 Å². The van der Waals surface area contributed by atoms with Crippen LogP contribution < -0.4 is 5.32 Å². The lowest BCUT2D eigenvalue weighted by Gasteiger charge is -2.27. The van der Waals surface area contributed by atoms with E-state index >= 15 is 0 Å². The van der Waals surface area contributed by atoms with E-state index in [2.05, 4.69) is 16.4 Å². The summed E-state index contributed by atoms with van der Waals surface area (Å²) in [6.45, 7) is 0. The number of nitrogens with one attached hydrogen (secondary N) is 1. The van der Waals surface area contributed by atoms with Crippen LogP contribution in [0.25, 0.3) is 0 Å². The number of hydrogen-bond donors (Lipinski definition) is 1. The Morgan fingerprint density at radius 1 is 1.39 bits per heavy atom. The first-order valence-corrected chi connectivity index (χ1v) is 6.38. The summed E-state index contributed by atoms with van der Waals surface area (Å²) in [5.41, 5.74) is 0.469. The van der Waals surface area contributed by atoms with Gasteiger partial charge in [0, 0.05) is 18.7 Å². The van der Waals surface area contributed by atoms with Gasteiger partial charge in [-0.2, -0.15) is 5.26 Å². The number of pyridine rings is 1. The molecular weight excluding hydrogens is 226 g/mol. The van der Waals surface area contributed by atoms with E-state index in [1.54, 1.807) is 18.3 Å². The maximum Gasteiger partial charge on any atom is 0.270 e. The van der Waals surface area contributed by atoms with Crippen molar-refractivity contribution in [3.05, 3.63) is 30.1 Å². The smallest absolute Gasteiger partial charge is 0.270 e. The minimum absolute atomic E-state index is 0.0978. The van der Waals surface area contributed by atoms with Gasteiger partial charge in [0.1, 0.15) is 5.69 Å². The summed E-state index contributed by atoms with van der Waals surface area (Å²) < 4.78 is 0. The molecule has 0 atom stereocenters. The molecule has 1 heterocycles. The predicted molar refractivity (Wildman–Crippen MR) is 67.7 cm³/mol. The van der Waals surface area contributed by atoms with Gasteiger partial charge in [0.2, 0.25) is 0 Å². The van der Waals surface area contributed by atoms with Gasteiger partial charge in [0.15, 0.2) is 0 Å². The van der Waals surface area contributed by atoms with Crippen LogP contribution in [0.5, 0.6) is 0 Å². The second-order valence-electron chi connectivity index (χ2n) is 4.77. The number of carbonyl (C=O) groups is 1. The van der Waals surface area contributed by atoms with E-state index in [1.807, 2.05) is 6.07 Å². The fourth-order valence-electron chi connectivity index (χ4n) is 2.40. The molecule has 1 aromatic heterocycles. The average molecular weight is 243 g/mol. The van der Waals surface area contributed by atoms with Gasteiger partial charge in [0.05, 0.1) is 6.07 Å². The summed E-state index contributed by atoms with van der Waals surface area (Å²) in [7, 11) is 0. The number of aromatic nitrogens is 1. The van der Waals surface area contributed by atoms with Gasteiger partial charge < -0.3 is 5.32 Å². The van der Waals surface area contributed by atoms with Crippen molar-refractivity contribution in [1.29, 1.82) is 5.26 Å². The first-order valence-electron chi connectivity index (χ1n) is 6.38. The van der Waals surface area contributed by atoms with Gasteiger partial charge in [0.25, 0.3) is 5.91 Å². The highest BCUT2D eigenvalue weighted by Gasteiger charge is 2.22. The van der Waals surface area contributed by atoms with Crippen molar-refractivity contribution in [2.45, 2.75) is 38.1 Å². The van der Waals surface area contributed by atoms with Crippen LogP contribution in [-0.2, 0) is 0 Å². The van der Waals surface area contributed by atoms with Crippen LogP contribution in [0.1, 0.15) is 42.6 Å².